The van der Waals surface area contributed by atoms with Crippen molar-refractivity contribution in [1.82, 2.24) is 10.3 Å². The largest absolute Gasteiger partial charge is 0.459 e. The highest BCUT2D eigenvalue weighted by Gasteiger charge is 2.35. The molecular formula is C22H23N3O3S. The van der Waals surface area contributed by atoms with E-state index in [4.69, 9.17) is 4.42 Å². The molecule has 0 saturated heterocycles. The molecular weight excluding hydrogens is 386 g/mol. The molecule has 7 heteroatoms. The van der Waals surface area contributed by atoms with Gasteiger partial charge in [-0.2, -0.15) is 0 Å². The Bertz CT molecular complexity index is 960. The van der Waals surface area contributed by atoms with Gasteiger partial charge in [-0.05, 0) is 30.5 Å². The molecule has 1 aliphatic rings. The van der Waals surface area contributed by atoms with Crippen molar-refractivity contribution in [2.45, 2.75) is 37.5 Å². The van der Waals surface area contributed by atoms with E-state index in [0.717, 1.165) is 12.8 Å². The molecule has 1 fully saturated rings. The average molecular weight is 410 g/mol. The maximum Gasteiger partial charge on any atom is 0.293 e. The number of nitrogens with one attached hydrogen (secondary N) is 2. The molecule has 0 unspecified atom stereocenters. The smallest absolute Gasteiger partial charge is 0.293 e. The molecule has 6 nitrogen and oxygen atoms in total. The van der Waals surface area contributed by atoms with Crippen LogP contribution in [0.15, 0.2) is 58.5 Å². The zero-order valence-electron chi connectivity index (χ0n) is 16.0. The van der Waals surface area contributed by atoms with Crippen molar-refractivity contribution in [2.24, 2.45) is 0 Å². The maximum atomic E-state index is 12.5. The zero-order valence-corrected chi connectivity index (χ0v) is 16.8. The first-order valence-corrected chi connectivity index (χ1v) is 10.6. The number of hydrogen-bond donors (Lipinski definition) is 2. The fraction of sp³-hybridized carbons (Fsp3) is 0.318. The van der Waals surface area contributed by atoms with Crippen LogP contribution in [0.4, 0.5) is 5.13 Å². The number of aromatic nitrogens is 1. The predicted octanol–water partition coefficient (Wildman–Crippen LogP) is 4.16. The summed E-state index contributed by atoms with van der Waals surface area (Å²) in [6.07, 6.45) is 6.20. The summed E-state index contributed by atoms with van der Waals surface area (Å²) in [6.45, 7) is 0.641. The molecule has 1 aliphatic carbocycles. The van der Waals surface area contributed by atoms with Crippen molar-refractivity contribution in [3.63, 3.8) is 0 Å². The van der Waals surface area contributed by atoms with Gasteiger partial charge in [0.05, 0.1) is 18.4 Å². The predicted molar refractivity (Wildman–Crippen MR) is 112 cm³/mol. The van der Waals surface area contributed by atoms with E-state index in [1.54, 1.807) is 17.5 Å². The second-order valence-electron chi connectivity index (χ2n) is 7.38. The third kappa shape index (κ3) is 4.56. The highest BCUT2D eigenvalue weighted by atomic mass is 32.1. The van der Waals surface area contributed by atoms with Crippen molar-refractivity contribution >= 4 is 28.3 Å². The summed E-state index contributed by atoms with van der Waals surface area (Å²) in [5.74, 6) is -0.185. The van der Waals surface area contributed by atoms with Gasteiger partial charge in [0.2, 0.25) is 5.91 Å². The second kappa shape index (κ2) is 8.61. The quantitative estimate of drug-likeness (QED) is 0.614. The van der Waals surface area contributed by atoms with Crippen molar-refractivity contribution in [3.05, 3.63) is 71.1 Å². The van der Waals surface area contributed by atoms with Gasteiger partial charge >= 0.3 is 0 Å². The van der Waals surface area contributed by atoms with Gasteiger partial charge in [0.15, 0.2) is 10.9 Å². The number of nitrogens with zero attached hydrogens (tertiary/aromatic N) is 1. The molecule has 2 N–H and O–H groups in total. The minimum atomic E-state index is -0.355. The van der Waals surface area contributed by atoms with Gasteiger partial charge in [0.25, 0.3) is 5.91 Å². The number of furan rings is 1. The SMILES string of the molecule is O=C(Cc1csc(NC(=O)c2ccco2)n1)NCC1(c2ccccc2)CCCC1. The van der Waals surface area contributed by atoms with Gasteiger partial charge in [-0.15, -0.1) is 11.3 Å². The lowest BCUT2D eigenvalue weighted by molar-refractivity contribution is -0.120. The molecule has 0 atom stereocenters. The standard InChI is InChI=1S/C22H23N3O3S/c26-19(23-15-22(10-4-5-11-22)16-7-2-1-3-8-16)13-17-14-29-21(24-17)25-20(27)18-9-6-12-28-18/h1-3,6-9,12,14H,4-5,10-11,13,15H2,(H,23,26)(H,24,25,27). The van der Waals surface area contributed by atoms with E-state index < -0.39 is 0 Å². The van der Waals surface area contributed by atoms with Crippen molar-refractivity contribution < 1.29 is 14.0 Å². The van der Waals surface area contributed by atoms with Crippen LogP contribution >= 0.6 is 11.3 Å². The maximum absolute atomic E-state index is 12.5. The molecule has 2 aromatic heterocycles. The van der Waals surface area contributed by atoms with Crippen molar-refractivity contribution in [1.29, 1.82) is 0 Å². The Labute approximate surface area is 173 Å². The van der Waals surface area contributed by atoms with E-state index in [1.807, 2.05) is 6.07 Å². The van der Waals surface area contributed by atoms with Crippen LogP contribution in [0.1, 0.15) is 47.5 Å². The highest BCUT2D eigenvalue weighted by Crippen LogP contribution is 2.40. The summed E-state index contributed by atoms with van der Waals surface area (Å²) >= 11 is 1.29. The summed E-state index contributed by atoms with van der Waals surface area (Å²) in [6, 6.07) is 13.7. The Morgan fingerprint density at radius 3 is 2.62 bits per heavy atom. The third-order valence-corrected chi connectivity index (χ3v) is 6.24. The van der Waals surface area contributed by atoms with Crippen LogP contribution in [0.5, 0.6) is 0 Å². The number of anilines is 1. The third-order valence-electron chi connectivity index (χ3n) is 5.43. The Balaban J connectivity index is 1.33. The molecule has 2 amide bonds. The van der Waals surface area contributed by atoms with E-state index >= 15 is 0 Å². The summed E-state index contributed by atoms with van der Waals surface area (Å²) in [4.78, 5) is 28.9. The first-order valence-electron chi connectivity index (χ1n) is 9.76. The summed E-state index contributed by atoms with van der Waals surface area (Å²) in [5.41, 5.74) is 1.97. The first-order chi connectivity index (χ1) is 14.1. The second-order valence-corrected chi connectivity index (χ2v) is 8.24. The molecule has 2 heterocycles. The molecule has 0 aliphatic heterocycles. The minimum Gasteiger partial charge on any atom is -0.459 e. The van der Waals surface area contributed by atoms with Crippen LogP contribution in [0.3, 0.4) is 0 Å². The number of rotatable bonds is 7. The van der Waals surface area contributed by atoms with Crippen LogP contribution < -0.4 is 10.6 Å². The van der Waals surface area contributed by atoms with E-state index in [1.165, 1.54) is 36.0 Å². The number of amides is 2. The molecule has 1 aromatic carbocycles. The number of thiazole rings is 1. The lowest BCUT2D eigenvalue weighted by Crippen LogP contribution is -2.39. The Kier molecular flexibility index (Phi) is 5.76. The van der Waals surface area contributed by atoms with Gasteiger partial charge in [-0.1, -0.05) is 43.2 Å². The molecule has 0 bridgehead atoms. The van der Waals surface area contributed by atoms with Gasteiger partial charge in [0, 0.05) is 17.3 Å². The Hall–Kier alpha value is -2.93. The number of carbonyl (C=O) groups excluding carboxylic acids is 2. The highest BCUT2D eigenvalue weighted by molar-refractivity contribution is 7.14. The van der Waals surface area contributed by atoms with Crippen molar-refractivity contribution in [3.8, 4) is 0 Å². The monoisotopic (exact) mass is 409 g/mol. The van der Waals surface area contributed by atoms with Gasteiger partial charge in [-0.3, -0.25) is 14.9 Å². The lowest BCUT2D eigenvalue weighted by atomic mass is 9.79. The minimum absolute atomic E-state index is 0.0289. The summed E-state index contributed by atoms with van der Waals surface area (Å²) < 4.78 is 5.07. The molecule has 0 radical (unpaired) electrons. The molecule has 150 valence electrons. The van der Waals surface area contributed by atoms with Crippen LogP contribution in [0.2, 0.25) is 0 Å². The normalized spacial score (nSPS) is 15.2. The molecule has 29 heavy (non-hydrogen) atoms. The van der Waals surface area contributed by atoms with Crippen LogP contribution in [0.25, 0.3) is 0 Å². The van der Waals surface area contributed by atoms with Crippen LogP contribution in [-0.2, 0) is 16.6 Å². The van der Waals surface area contributed by atoms with E-state index in [-0.39, 0.29) is 29.4 Å². The first kappa shape index (κ1) is 19.4. The van der Waals surface area contributed by atoms with Crippen molar-refractivity contribution in [2.75, 3.05) is 11.9 Å². The summed E-state index contributed by atoms with van der Waals surface area (Å²) in [7, 11) is 0. The fourth-order valence-corrected chi connectivity index (χ4v) is 4.62. The van der Waals surface area contributed by atoms with E-state index in [0.29, 0.717) is 17.4 Å². The van der Waals surface area contributed by atoms with Crippen LogP contribution in [0, 0.1) is 0 Å². The topological polar surface area (TPSA) is 84.2 Å². The number of benzene rings is 1. The molecule has 1 saturated carbocycles. The number of hydrogen-bond acceptors (Lipinski definition) is 5. The van der Waals surface area contributed by atoms with Crippen LogP contribution in [-0.4, -0.2) is 23.3 Å². The molecule has 3 aromatic rings. The number of carbonyl (C=O) groups is 2. The Morgan fingerprint density at radius 2 is 1.90 bits per heavy atom. The average Bonchev–Trinajstić information content (AvgIpc) is 3.50. The summed E-state index contributed by atoms with van der Waals surface area (Å²) in [5, 5.41) is 8.03. The fourth-order valence-electron chi connectivity index (χ4n) is 3.92. The molecule has 4 rings (SSSR count). The molecule has 0 spiro atoms. The lowest BCUT2D eigenvalue weighted by Gasteiger charge is -2.30. The van der Waals surface area contributed by atoms with Gasteiger partial charge < -0.3 is 9.73 Å². The van der Waals surface area contributed by atoms with E-state index in [2.05, 4.69) is 39.9 Å². The zero-order chi connectivity index (χ0) is 20.1. The van der Waals surface area contributed by atoms with Gasteiger partial charge in [0.1, 0.15) is 0 Å². The Morgan fingerprint density at radius 1 is 1.10 bits per heavy atom. The van der Waals surface area contributed by atoms with Gasteiger partial charge in [-0.25, -0.2) is 4.98 Å². The van der Waals surface area contributed by atoms with E-state index in [9.17, 15) is 9.59 Å².